The fourth-order valence-electron chi connectivity index (χ4n) is 4.21. The van der Waals surface area contributed by atoms with Gasteiger partial charge in [0.1, 0.15) is 18.1 Å². The van der Waals surface area contributed by atoms with Crippen LogP contribution in [0.25, 0.3) is 11.0 Å². The fraction of sp³-hybridized carbons (Fsp3) is 0.375. The molecule has 0 amide bonds. The van der Waals surface area contributed by atoms with Crippen molar-refractivity contribution in [2.24, 2.45) is 0 Å². The van der Waals surface area contributed by atoms with Crippen LogP contribution in [0.3, 0.4) is 0 Å². The summed E-state index contributed by atoms with van der Waals surface area (Å²) in [7, 11) is 4.81. The second-order valence-corrected chi connectivity index (χ2v) is 7.60. The van der Waals surface area contributed by atoms with Crippen LogP contribution in [-0.4, -0.2) is 33.0 Å². The number of hydrogen-bond acceptors (Lipinski definition) is 7. The molecule has 0 unspecified atom stereocenters. The third-order valence-electron chi connectivity index (χ3n) is 5.67. The van der Waals surface area contributed by atoms with Crippen LogP contribution in [-0.2, 0) is 19.5 Å². The molecule has 1 aliphatic heterocycles. The number of nitrogens with zero attached hydrogens (tertiary/aromatic N) is 1. The Morgan fingerprint density at radius 1 is 1.03 bits per heavy atom. The van der Waals surface area contributed by atoms with E-state index in [1.807, 2.05) is 26.0 Å². The number of aryl methyl sites for hydroxylation is 2. The molecular weight excluding hydrogens is 398 g/mol. The number of benzene rings is 2. The highest BCUT2D eigenvalue weighted by Gasteiger charge is 2.24. The maximum atomic E-state index is 11.9. The van der Waals surface area contributed by atoms with E-state index in [1.165, 1.54) is 0 Å². The molecule has 0 radical (unpaired) electrons. The summed E-state index contributed by atoms with van der Waals surface area (Å²) in [5.74, 6) is 2.62. The minimum atomic E-state index is -0.327. The van der Waals surface area contributed by atoms with Crippen molar-refractivity contribution in [2.45, 2.75) is 33.4 Å². The molecular formula is C24H27NO6. The quantitative estimate of drug-likeness (QED) is 0.552. The summed E-state index contributed by atoms with van der Waals surface area (Å²) in [6.45, 7) is 5.77. The van der Waals surface area contributed by atoms with Crippen LogP contribution in [0.2, 0.25) is 0 Å². The first-order valence-electron chi connectivity index (χ1n) is 10.2. The Labute approximate surface area is 181 Å². The van der Waals surface area contributed by atoms with Crippen LogP contribution in [0.15, 0.2) is 33.5 Å². The van der Waals surface area contributed by atoms with Gasteiger partial charge in [-0.25, -0.2) is 4.79 Å². The van der Waals surface area contributed by atoms with Gasteiger partial charge in [-0.3, -0.25) is 4.90 Å². The number of methoxy groups -OCH3 is 3. The van der Waals surface area contributed by atoms with E-state index in [0.29, 0.717) is 42.7 Å². The second kappa shape index (κ2) is 8.51. The molecule has 0 fully saturated rings. The smallest absolute Gasteiger partial charge is 0.336 e. The summed E-state index contributed by atoms with van der Waals surface area (Å²) in [5, 5.41) is 0.969. The molecule has 7 heteroatoms. The largest absolute Gasteiger partial charge is 0.493 e. The van der Waals surface area contributed by atoms with Crippen LogP contribution in [0.4, 0.5) is 0 Å². The van der Waals surface area contributed by atoms with Crippen molar-refractivity contribution in [1.82, 2.24) is 4.90 Å². The van der Waals surface area contributed by atoms with Crippen molar-refractivity contribution < 1.29 is 23.4 Å². The van der Waals surface area contributed by atoms with Gasteiger partial charge in [-0.2, -0.15) is 0 Å². The van der Waals surface area contributed by atoms with E-state index >= 15 is 0 Å². The van der Waals surface area contributed by atoms with Gasteiger partial charge in [0.15, 0.2) is 11.5 Å². The molecule has 0 bridgehead atoms. The predicted molar refractivity (Wildman–Crippen MR) is 117 cm³/mol. The minimum absolute atomic E-state index is 0.327. The lowest BCUT2D eigenvalue weighted by Gasteiger charge is -2.30. The topological polar surface area (TPSA) is 70.4 Å². The minimum Gasteiger partial charge on any atom is -0.493 e. The van der Waals surface area contributed by atoms with Crippen molar-refractivity contribution in [3.8, 4) is 23.0 Å². The van der Waals surface area contributed by atoms with Gasteiger partial charge in [0.25, 0.3) is 0 Å². The summed E-state index contributed by atoms with van der Waals surface area (Å²) in [6.07, 6.45) is 0.760. The van der Waals surface area contributed by atoms with Crippen molar-refractivity contribution >= 4 is 11.0 Å². The van der Waals surface area contributed by atoms with E-state index in [2.05, 4.69) is 11.0 Å². The Morgan fingerprint density at radius 3 is 2.35 bits per heavy atom. The first kappa shape index (κ1) is 21.1. The van der Waals surface area contributed by atoms with E-state index in [9.17, 15) is 4.79 Å². The molecule has 4 rings (SSSR count). The van der Waals surface area contributed by atoms with E-state index < -0.39 is 0 Å². The third kappa shape index (κ3) is 3.81. The highest BCUT2D eigenvalue weighted by atomic mass is 16.5. The zero-order valence-electron chi connectivity index (χ0n) is 18.5. The van der Waals surface area contributed by atoms with Gasteiger partial charge in [0, 0.05) is 35.7 Å². The highest BCUT2D eigenvalue weighted by molar-refractivity contribution is 5.86. The molecule has 3 aromatic rings. The third-order valence-corrected chi connectivity index (χ3v) is 5.67. The van der Waals surface area contributed by atoms with Gasteiger partial charge in [-0.15, -0.1) is 0 Å². The number of hydrogen-bond donors (Lipinski definition) is 0. The molecule has 2 aromatic carbocycles. The molecule has 164 valence electrons. The molecule has 7 nitrogen and oxygen atoms in total. The van der Waals surface area contributed by atoms with Gasteiger partial charge in [0.05, 0.1) is 21.3 Å². The summed E-state index contributed by atoms with van der Waals surface area (Å²) in [6, 6.07) is 7.56. The molecule has 0 saturated carbocycles. The summed E-state index contributed by atoms with van der Waals surface area (Å²) >= 11 is 0. The standard InChI is InChI=1S/C24H27NO6/c1-6-16-10-21(26)31-23-14(2)22-17(9-18(16)23)12-25(13-30-22)11-15-7-19(27-3)24(29-5)20(8-15)28-4/h7-10H,6,11-13H2,1-5H3. The molecule has 2 heterocycles. The molecule has 1 aliphatic rings. The molecule has 31 heavy (non-hydrogen) atoms. The molecule has 1 aromatic heterocycles. The normalized spacial score (nSPS) is 13.6. The number of rotatable bonds is 6. The zero-order chi connectivity index (χ0) is 22.1. The average molecular weight is 425 g/mol. The lowest BCUT2D eigenvalue weighted by molar-refractivity contribution is 0.0879. The second-order valence-electron chi connectivity index (χ2n) is 7.60. The summed E-state index contributed by atoms with van der Waals surface area (Å²) in [4.78, 5) is 14.1. The van der Waals surface area contributed by atoms with Gasteiger partial charge in [-0.1, -0.05) is 6.92 Å². The summed E-state index contributed by atoms with van der Waals surface area (Å²) in [5.41, 5.74) is 4.24. The monoisotopic (exact) mass is 425 g/mol. The van der Waals surface area contributed by atoms with Crippen LogP contribution in [0.5, 0.6) is 23.0 Å². The molecule has 0 atom stereocenters. The lowest BCUT2D eigenvalue weighted by atomic mass is 9.99. The van der Waals surface area contributed by atoms with Crippen LogP contribution >= 0.6 is 0 Å². The molecule has 0 saturated heterocycles. The van der Waals surface area contributed by atoms with Crippen LogP contribution < -0.4 is 24.6 Å². The van der Waals surface area contributed by atoms with Gasteiger partial charge < -0.3 is 23.4 Å². The summed E-state index contributed by atoms with van der Waals surface area (Å²) < 4.78 is 28.0. The maximum Gasteiger partial charge on any atom is 0.336 e. The van der Waals surface area contributed by atoms with E-state index in [4.69, 9.17) is 23.4 Å². The van der Waals surface area contributed by atoms with Crippen molar-refractivity contribution in [3.63, 3.8) is 0 Å². The zero-order valence-corrected chi connectivity index (χ0v) is 18.5. The van der Waals surface area contributed by atoms with Crippen molar-refractivity contribution in [3.05, 3.63) is 56.9 Å². The van der Waals surface area contributed by atoms with Crippen molar-refractivity contribution in [2.75, 3.05) is 28.1 Å². The Balaban J connectivity index is 1.67. The van der Waals surface area contributed by atoms with E-state index in [0.717, 1.165) is 39.8 Å². The van der Waals surface area contributed by atoms with Gasteiger partial charge in [-0.05, 0) is 42.7 Å². The van der Waals surface area contributed by atoms with E-state index in [-0.39, 0.29) is 5.63 Å². The maximum absolute atomic E-state index is 11.9. The number of ether oxygens (including phenoxy) is 4. The van der Waals surface area contributed by atoms with Crippen molar-refractivity contribution in [1.29, 1.82) is 0 Å². The SMILES string of the molecule is CCc1cc(=O)oc2c(C)c3c(cc12)CN(Cc1cc(OC)c(OC)c(OC)c1)CO3. The lowest BCUT2D eigenvalue weighted by Crippen LogP contribution is -2.32. The molecule has 0 aliphatic carbocycles. The molecule has 0 N–H and O–H groups in total. The van der Waals surface area contributed by atoms with Gasteiger partial charge in [0.2, 0.25) is 5.75 Å². The Morgan fingerprint density at radius 2 is 1.74 bits per heavy atom. The first-order chi connectivity index (χ1) is 15.0. The van der Waals surface area contributed by atoms with E-state index in [1.54, 1.807) is 27.4 Å². The van der Waals surface area contributed by atoms with Crippen LogP contribution in [0.1, 0.15) is 29.2 Å². The number of fused-ring (bicyclic) bond motifs is 2. The predicted octanol–water partition coefficient (Wildman–Crippen LogP) is 4.04. The fourth-order valence-corrected chi connectivity index (χ4v) is 4.21. The highest BCUT2D eigenvalue weighted by Crippen LogP contribution is 2.40. The van der Waals surface area contributed by atoms with Gasteiger partial charge >= 0.3 is 5.63 Å². The first-order valence-corrected chi connectivity index (χ1v) is 10.2. The Kier molecular flexibility index (Phi) is 5.78. The average Bonchev–Trinajstić information content (AvgIpc) is 2.78. The molecule has 0 spiro atoms. The Hall–Kier alpha value is -3.19. The van der Waals surface area contributed by atoms with Crippen LogP contribution in [0, 0.1) is 6.92 Å². The Bertz CT molecular complexity index is 1160.